The topological polar surface area (TPSA) is 55.6 Å². The molecule has 0 bridgehead atoms. The maximum atomic E-state index is 12.6. The number of thiocarbonyl (C=S) groups is 1. The summed E-state index contributed by atoms with van der Waals surface area (Å²) in [6, 6.07) is 5.58. The summed E-state index contributed by atoms with van der Waals surface area (Å²) in [5, 5.41) is 0. The molecule has 5 heteroatoms. The third-order valence-electron chi connectivity index (χ3n) is 3.23. The molecule has 0 spiro atoms. The van der Waals surface area contributed by atoms with Crippen molar-refractivity contribution in [1.29, 1.82) is 0 Å². The van der Waals surface area contributed by atoms with E-state index in [9.17, 15) is 4.79 Å². The van der Waals surface area contributed by atoms with Gasteiger partial charge in [0.25, 0.3) is 5.91 Å². The van der Waals surface area contributed by atoms with E-state index >= 15 is 0 Å². The minimum atomic E-state index is -0.0591. The lowest BCUT2D eigenvalue weighted by molar-refractivity contribution is 0.0751. The van der Waals surface area contributed by atoms with E-state index in [4.69, 9.17) is 22.7 Å². The lowest BCUT2D eigenvalue weighted by Gasteiger charge is -2.25. The highest BCUT2D eigenvalue weighted by molar-refractivity contribution is 7.80. The molecule has 0 fully saturated rings. The zero-order chi connectivity index (χ0) is 15.3. The van der Waals surface area contributed by atoms with Crippen molar-refractivity contribution in [1.82, 2.24) is 4.90 Å². The van der Waals surface area contributed by atoms with Gasteiger partial charge < -0.3 is 15.4 Å². The van der Waals surface area contributed by atoms with Crippen molar-refractivity contribution in [2.45, 2.75) is 20.8 Å². The normalized spacial score (nSPS) is 11.8. The van der Waals surface area contributed by atoms with Crippen LogP contribution in [0.15, 0.2) is 18.2 Å². The molecule has 110 valence electrons. The van der Waals surface area contributed by atoms with Crippen molar-refractivity contribution < 1.29 is 9.53 Å². The fraction of sp³-hybridized carbons (Fsp3) is 0.467. The Morgan fingerprint density at radius 1 is 1.50 bits per heavy atom. The van der Waals surface area contributed by atoms with Crippen LogP contribution >= 0.6 is 12.2 Å². The minimum absolute atomic E-state index is 0.00953. The summed E-state index contributed by atoms with van der Waals surface area (Å²) < 4.78 is 5.27. The summed E-state index contributed by atoms with van der Waals surface area (Å²) in [7, 11) is 1.56. The van der Waals surface area contributed by atoms with Gasteiger partial charge in [-0.3, -0.25) is 4.79 Å². The van der Waals surface area contributed by atoms with Crippen LogP contribution in [0.2, 0.25) is 0 Å². The first-order valence-electron chi connectivity index (χ1n) is 6.63. The molecule has 0 aliphatic carbocycles. The van der Waals surface area contributed by atoms with Gasteiger partial charge in [-0.1, -0.05) is 30.8 Å². The molecule has 0 aliphatic rings. The molecule has 0 aromatic heterocycles. The second-order valence-electron chi connectivity index (χ2n) is 4.85. The van der Waals surface area contributed by atoms with E-state index in [0.717, 1.165) is 5.56 Å². The molecule has 2 N–H and O–H groups in total. The van der Waals surface area contributed by atoms with Gasteiger partial charge in [0.2, 0.25) is 0 Å². The van der Waals surface area contributed by atoms with Crippen molar-refractivity contribution >= 4 is 23.1 Å². The van der Waals surface area contributed by atoms with E-state index in [2.05, 4.69) is 0 Å². The van der Waals surface area contributed by atoms with E-state index in [1.807, 2.05) is 39.0 Å². The molecule has 1 aromatic rings. The number of hydrogen-bond acceptors (Lipinski definition) is 3. The number of carbonyl (C=O) groups is 1. The summed E-state index contributed by atoms with van der Waals surface area (Å²) in [4.78, 5) is 14.8. The van der Waals surface area contributed by atoms with E-state index in [-0.39, 0.29) is 11.8 Å². The van der Waals surface area contributed by atoms with Crippen LogP contribution in [0.1, 0.15) is 29.8 Å². The fourth-order valence-corrected chi connectivity index (χ4v) is 2.01. The second-order valence-corrected chi connectivity index (χ2v) is 5.32. The molecule has 1 aromatic carbocycles. The van der Waals surface area contributed by atoms with Crippen molar-refractivity contribution in [3.05, 3.63) is 29.3 Å². The monoisotopic (exact) mass is 294 g/mol. The van der Waals surface area contributed by atoms with Gasteiger partial charge >= 0.3 is 0 Å². The highest BCUT2D eigenvalue weighted by Crippen LogP contribution is 2.21. The standard InChI is InChI=1S/C15H22N2O2S/c1-5-17(9-11(3)14(16)20)15(18)12-8-10(2)6-7-13(12)19-4/h6-8,11H,5,9H2,1-4H3,(H2,16,20). The predicted octanol–water partition coefficient (Wildman–Crippen LogP) is 2.39. The van der Waals surface area contributed by atoms with Crippen molar-refractivity contribution in [3.63, 3.8) is 0 Å². The average molecular weight is 294 g/mol. The molecular weight excluding hydrogens is 272 g/mol. The quantitative estimate of drug-likeness (QED) is 0.819. The first kappa shape index (κ1) is 16.4. The van der Waals surface area contributed by atoms with Crippen LogP contribution in [0, 0.1) is 12.8 Å². The lowest BCUT2D eigenvalue weighted by Crippen LogP contribution is -2.38. The van der Waals surface area contributed by atoms with Crippen LogP contribution in [-0.2, 0) is 0 Å². The summed E-state index contributed by atoms with van der Waals surface area (Å²) >= 11 is 4.97. The van der Waals surface area contributed by atoms with Gasteiger partial charge in [-0.05, 0) is 26.0 Å². The van der Waals surface area contributed by atoms with Gasteiger partial charge in [-0.15, -0.1) is 0 Å². The first-order chi connectivity index (χ1) is 9.40. The van der Waals surface area contributed by atoms with Gasteiger partial charge in [0, 0.05) is 19.0 Å². The van der Waals surface area contributed by atoms with Crippen molar-refractivity contribution in [2.24, 2.45) is 11.7 Å². The molecule has 1 amide bonds. The number of hydrogen-bond donors (Lipinski definition) is 1. The maximum Gasteiger partial charge on any atom is 0.257 e. The number of benzene rings is 1. The smallest absolute Gasteiger partial charge is 0.257 e. The molecular formula is C15H22N2O2S. The Hall–Kier alpha value is -1.62. The third-order valence-corrected chi connectivity index (χ3v) is 3.64. The maximum absolute atomic E-state index is 12.6. The Morgan fingerprint density at radius 3 is 2.65 bits per heavy atom. The molecule has 0 heterocycles. The fourth-order valence-electron chi connectivity index (χ4n) is 1.94. The number of carbonyl (C=O) groups excluding carboxylic acids is 1. The number of rotatable bonds is 6. The summed E-state index contributed by atoms with van der Waals surface area (Å²) in [5.74, 6) is 0.517. The average Bonchev–Trinajstić information content (AvgIpc) is 2.43. The predicted molar refractivity (Wildman–Crippen MR) is 85.3 cm³/mol. The van der Waals surface area contributed by atoms with E-state index in [0.29, 0.717) is 29.4 Å². The number of amides is 1. The molecule has 0 saturated carbocycles. The zero-order valence-corrected chi connectivity index (χ0v) is 13.3. The molecule has 1 rings (SSSR count). The molecule has 0 aliphatic heterocycles. The van der Waals surface area contributed by atoms with Crippen LogP contribution in [0.5, 0.6) is 5.75 Å². The molecule has 1 unspecified atom stereocenters. The highest BCUT2D eigenvalue weighted by atomic mass is 32.1. The SMILES string of the molecule is CCN(CC(C)C(N)=S)C(=O)c1cc(C)ccc1OC. The highest BCUT2D eigenvalue weighted by Gasteiger charge is 2.21. The van der Waals surface area contributed by atoms with E-state index < -0.39 is 0 Å². The summed E-state index contributed by atoms with van der Waals surface area (Å²) in [6.07, 6.45) is 0. The lowest BCUT2D eigenvalue weighted by atomic mass is 10.1. The molecule has 4 nitrogen and oxygen atoms in total. The Bertz CT molecular complexity index is 503. The molecule has 0 radical (unpaired) electrons. The number of methoxy groups -OCH3 is 1. The van der Waals surface area contributed by atoms with E-state index in [1.165, 1.54) is 0 Å². The van der Waals surface area contributed by atoms with Crippen molar-refractivity contribution in [2.75, 3.05) is 20.2 Å². The Balaban J connectivity index is 3.02. The Labute approximate surface area is 125 Å². The largest absolute Gasteiger partial charge is 0.496 e. The van der Waals surface area contributed by atoms with Gasteiger partial charge in [-0.25, -0.2) is 0 Å². The number of nitrogens with two attached hydrogens (primary N) is 1. The van der Waals surface area contributed by atoms with Crippen LogP contribution in [0.25, 0.3) is 0 Å². The van der Waals surface area contributed by atoms with Crippen LogP contribution in [-0.4, -0.2) is 36.0 Å². The summed E-state index contributed by atoms with van der Waals surface area (Å²) in [5.41, 5.74) is 7.22. The van der Waals surface area contributed by atoms with Crippen LogP contribution < -0.4 is 10.5 Å². The van der Waals surface area contributed by atoms with E-state index in [1.54, 1.807) is 12.0 Å². The van der Waals surface area contributed by atoms with Gasteiger partial charge in [0.05, 0.1) is 17.7 Å². The number of nitrogens with zero attached hydrogens (tertiary/aromatic N) is 1. The third kappa shape index (κ3) is 3.93. The van der Waals surface area contributed by atoms with Gasteiger partial charge in [0.1, 0.15) is 5.75 Å². The Kier molecular flexibility index (Phi) is 5.95. The molecule has 0 saturated heterocycles. The summed E-state index contributed by atoms with van der Waals surface area (Å²) in [6.45, 7) is 6.92. The zero-order valence-electron chi connectivity index (χ0n) is 12.5. The first-order valence-corrected chi connectivity index (χ1v) is 7.04. The molecule has 1 atom stereocenters. The number of ether oxygens (including phenoxy) is 1. The van der Waals surface area contributed by atoms with Crippen LogP contribution in [0.4, 0.5) is 0 Å². The van der Waals surface area contributed by atoms with Gasteiger partial charge in [0.15, 0.2) is 0 Å². The number of aryl methyl sites for hydroxylation is 1. The van der Waals surface area contributed by atoms with Crippen molar-refractivity contribution in [3.8, 4) is 5.75 Å². The minimum Gasteiger partial charge on any atom is -0.496 e. The molecule has 20 heavy (non-hydrogen) atoms. The second kappa shape index (κ2) is 7.24. The van der Waals surface area contributed by atoms with Gasteiger partial charge in [-0.2, -0.15) is 0 Å². The Morgan fingerprint density at radius 2 is 2.15 bits per heavy atom. The van der Waals surface area contributed by atoms with Crippen LogP contribution in [0.3, 0.4) is 0 Å².